The van der Waals surface area contributed by atoms with Crippen LogP contribution in [-0.2, 0) is 13.8 Å². The lowest BCUT2D eigenvalue weighted by atomic mass is 9.88. The Morgan fingerprint density at radius 2 is 1.94 bits per heavy atom. The number of aromatic nitrogens is 3. The summed E-state index contributed by atoms with van der Waals surface area (Å²) in [5.74, 6) is -0.915. The maximum atomic E-state index is 13.9. The summed E-state index contributed by atoms with van der Waals surface area (Å²) < 4.78 is 38.9. The first-order valence-electron chi connectivity index (χ1n) is 11.4. The Kier molecular flexibility index (Phi) is 7.85. The van der Waals surface area contributed by atoms with Crippen molar-refractivity contribution in [3.8, 4) is 0 Å². The molecule has 0 bridgehead atoms. The van der Waals surface area contributed by atoms with E-state index in [1.54, 1.807) is 20.8 Å². The molecule has 3 rings (SSSR count). The van der Waals surface area contributed by atoms with Crippen LogP contribution in [0.15, 0.2) is 27.7 Å². The van der Waals surface area contributed by atoms with Crippen LogP contribution < -0.4 is 11.1 Å². The second-order valence-electron chi connectivity index (χ2n) is 8.76. The molecule has 35 heavy (non-hydrogen) atoms. The number of fused-ring (bicyclic) bond motifs is 1. The van der Waals surface area contributed by atoms with Crippen LogP contribution in [-0.4, -0.2) is 53.6 Å². The van der Waals surface area contributed by atoms with E-state index in [-0.39, 0.29) is 47.6 Å². The molecule has 2 aromatic rings. The zero-order valence-corrected chi connectivity index (χ0v) is 20.9. The molecular formula is C22H31FN3O8P. The van der Waals surface area contributed by atoms with Gasteiger partial charge in [0.1, 0.15) is 12.2 Å². The lowest BCUT2D eigenvalue weighted by Crippen LogP contribution is -2.40. The summed E-state index contributed by atoms with van der Waals surface area (Å²) in [5, 5.41) is 21.3. The molecule has 1 saturated heterocycles. The lowest BCUT2D eigenvalue weighted by Gasteiger charge is -2.36. The summed E-state index contributed by atoms with van der Waals surface area (Å²) in [6, 6.07) is 0. The van der Waals surface area contributed by atoms with E-state index in [0.29, 0.717) is 0 Å². The molecule has 194 valence electrons. The summed E-state index contributed by atoms with van der Waals surface area (Å²) in [6.45, 7) is 10.0. The van der Waals surface area contributed by atoms with Gasteiger partial charge in [-0.15, -0.1) is 0 Å². The Bertz CT molecular complexity index is 1290. The molecule has 11 nitrogen and oxygen atoms in total. The second-order valence-corrected chi connectivity index (χ2v) is 10.6. The Hall–Kier alpha value is -2.21. The van der Waals surface area contributed by atoms with E-state index in [9.17, 15) is 33.7 Å². The molecule has 5 unspecified atom stereocenters. The number of aromatic amines is 1. The average Bonchev–Trinajstić information content (AvgIpc) is 3.09. The number of hydrogen-bond acceptors (Lipinski definition) is 8. The van der Waals surface area contributed by atoms with Crippen molar-refractivity contribution < 1.29 is 33.3 Å². The van der Waals surface area contributed by atoms with E-state index in [2.05, 4.69) is 16.5 Å². The van der Waals surface area contributed by atoms with E-state index in [1.165, 1.54) is 6.92 Å². The minimum absolute atomic E-state index is 0.0420. The quantitative estimate of drug-likeness (QED) is 0.290. The monoisotopic (exact) mass is 515 g/mol. The van der Waals surface area contributed by atoms with Crippen molar-refractivity contribution in [1.82, 2.24) is 14.5 Å². The Labute approximate surface area is 200 Å². The predicted molar refractivity (Wildman–Crippen MR) is 126 cm³/mol. The van der Waals surface area contributed by atoms with Gasteiger partial charge in [-0.05, 0) is 26.2 Å². The standard InChI is InChI=1S/C22H31FN3O8P/c1-6-11(4)35(31,32)34-22(7-2,8-3)9-14-16(28)17(29)20(33-14)26-10-13-15(27)12(5)18(23)24-19(13)25-21(26)30/h10,14,16-17,20,28-29H,4,6-9H2,1-3,5H3,(H,31,32)(H,24,25,30). The summed E-state index contributed by atoms with van der Waals surface area (Å²) in [4.78, 5) is 41.4. The minimum atomic E-state index is -4.18. The highest BCUT2D eigenvalue weighted by Crippen LogP contribution is 2.56. The van der Waals surface area contributed by atoms with Crippen LogP contribution in [0.5, 0.6) is 0 Å². The van der Waals surface area contributed by atoms with E-state index in [1.807, 2.05) is 0 Å². The fraction of sp³-hybridized carbons (Fsp3) is 0.591. The molecule has 4 N–H and O–H groups in total. The zero-order chi connectivity index (χ0) is 26.3. The predicted octanol–water partition coefficient (Wildman–Crippen LogP) is 2.23. The van der Waals surface area contributed by atoms with Gasteiger partial charge in [0.25, 0.3) is 0 Å². The number of pyridine rings is 1. The van der Waals surface area contributed by atoms with Gasteiger partial charge in [-0.25, -0.2) is 4.79 Å². The molecule has 1 aliphatic heterocycles. The highest BCUT2D eigenvalue weighted by Gasteiger charge is 2.49. The van der Waals surface area contributed by atoms with Crippen LogP contribution >= 0.6 is 7.60 Å². The molecule has 0 spiro atoms. The minimum Gasteiger partial charge on any atom is -0.388 e. The second kappa shape index (κ2) is 10.0. The lowest BCUT2D eigenvalue weighted by molar-refractivity contribution is -0.0728. The zero-order valence-electron chi connectivity index (χ0n) is 20.0. The fourth-order valence-electron chi connectivity index (χ4n) is 4.14. The maximum Gasteiger partial charge on any atom is 0.354 e. The van der Waals surface area contributed by atoms with Crippen molar-refractivity contribution in [2.45, 2.75) is 83.5 Å². The number of halogens is 1. The number of aliphatic hydroxyl groups excluding tert-OH is 2. The van der Waals surface area contributed by atoms with E-state index >= 15 is 0 Å². The first-order chi connectivity index (χ1) is 16.3. The van der Waals surface area contributed by atoms with Crippen LogP contribution in [0.2, 0.25) is 0 Å². The molecule has 0 saturated carbocycles. The third-order valence-corrected chi connectivity index (χ3v) is 8.44. The Morgan fingerprint density at radius 1 is 1.31 bits per heavy atom. The van der Waals surface area contributed by atoms with Gasteiger partial charge in [-0.3, -0.25) is 18.5 Å². The highest BCUT2D eigenvalue weighted by atomic mass is 31.2. The summed E-state index contributed by atoms with van der Waals surface area (Å²) in [5.41, 5.74) is -3.29. The van der Waals surface area contributed by atoms with E-state index in [4.69, 9.17) is 9.26 Å². The average molecular weight is 515 g/mol. The van der Waals surface area contributed by atoms with Crippen LogP contribution in [0.1, 0.15) is 58.2 Å². The van der Waals surface area contributed by atoms with Gasteiger partial charge in [-0.1, -0.05) is 27.4 Å². The summed E-state index contributed by atoms with van der Waals surface area (Å²) in [7, 11) is -4.18. The maximum absolute atomic E-state index is 13.9. The van der Waals surface area contributed by atoms with Crippen molar-refractivity contribution >= 4 is 18.6 Å². The number of H-pyrrole nitrogens is 1. The fourth-order valence-corrected chi connectivity index (χ4v) is 5.52. The van der Waals surface area contributed by atoms with Gasteiger partial charge in [0.2, 0.25) is 0 Å². The topological polar surface area (TPSA) is 164 Å². The number of hydrogen-bond donors (Lipinski definition) is 4. The first-order valence-corrected chi connectivity index (χ1v) is 12.9. The third-order valence-electron chi connectivity index (χ3n) is 6.69. The van der Waals surface area contributed by atoms with E-state index in [0.717, 1.165) is 10.8 Å². The molecule has 13 heteroatoms. The molecule has 2 aromatic heterocycles. The van der Waals surface area contributed by atoms with Crippen LogP contribution in [0.3, 0.4) is 0 Å². The number of nitrogens with one attached hydrogen (secondary N) is 1. The van der Waals surface area contributed by atoms with Crippen molar-refractivity contribution in [3.05, 3.63) is 50.3 Å². The molecule has 0 aliphatic carbocycles. The van der Waals surface area contributed by atoms with Crippen LogP contribution in [0.25, 0.3) is 11.0 Å². The molecule has 0 aromatic carbocycles. The molecular weight excluding hydrogens is 484 g/mol. The molecule has 0 amide bonds. The molecule has 3 heterocycles. The Morgan fingerprint density at radius 3 is 2.51 bits per heavy atom. The number of rotatable bonds is 9. The van der Waals surface area contributed by atoms with Crippen LogP contribution in [0, 0.1) is 12.9 Å². The van der Waals surface area contributed by atoms with Crippen molar-refractivity contribution in [2.24, 2.45) is 0 Å². The molecule has 0 radical (unpaired) electrons. The van der Waals surface area contributed by atoms with Gasteiger partial charge < -0.3 is 24.8 Å². The molecule has 5 atom stereocenters. The Balaban J connectivity index is 1.96. The number of nitrogens with zero attached hydrogens (tertiary/aromatic N) is 2. The molecule has 1 fully saturated rings. The SMILES string of the molecule is C=C(CC)P(=O)(O)OC(CC)(CC)CC1OC(n2cc3c(=O)c(C)c(F)[nH]c3nc2=O)C(O)C1O. The summed E-state index contributed by atoms with van der Waals surface area (Å²) >= 11 is 0. The van der Waals surface area contributed by atoms with E-state index < -0.39 is 54.8 Å². The van der Waals surface area contributed by atoms with Crippen molar-refractivity contribution in [1.29, 1.82) is 0 Å². The van der Waals surface area contributed by atoms with Gasteiger partial charge in [0.15, 0.2) is 23.3 Å². The smallest absolute Gasteiger partial charge is 0.354 e. The largest absolute Gasteiger partial charge is 0.388 e. The van der Waals surface area contributed by atoms with Crippen molar-refractivity contribution in [3.63, 3.8) is 0 Å². The van der Waals surface area contributed by atoms with Gasteiger partial charge >= 0.3 is 13.3 Å². The highest BCUT2D eigenvalue weighted by molar-refractivity contribution is 7.57. The number of aliphatic hydroxyl groups is 2. The van der Waals surface area contributed by atoms with Gasteiger partial charge in [0.05, 0.1) is 22.7 Å². The van der Waals surface area contributed by atoms with Crippen LogP contribution in [0.4, 0.5) is 4.39 Å². The normalized spacial score (nSPS) is 24.6. The third kappa shape index (κ3) is 5.04. The van der Waals surface area contributed by atoms with Gasteiger partial charge in [0, 0.05) is 17.9 Å². The molecule has 1 aliphatic rings. The number of ether oxygens (including phenoxy) is 1. The summed E-state index contributed by atoms with van der Waals surface area (Å²) in [6.07, 6.45) is -3.73. The number of allylic oxidation sites excluding steroid dienone is 1. The van der Waals surface area contributed by atoms with Crippen molar-refractivity contribution in [2.75, 3.05) is 0 Å². The van der Waals surface area contributed by atoms with Gasteiger partial charge in [-0.2, -0.15) is 9.37 Å². The first kappa shape index (κ1) is 27.4.